The lowest BCUT2D eigenvalue weighted by molar-refractivity contribution is 0.0719. The predicted molar refractivity (Wildman–Crippen MR) is 74.1 cm³/mol. The molecule has 3 aromatic rings. The third-order valence-corrected chi connectivity index (χ3v) is 3.65. The Hall–Kier alpha value is -1.99. The van der Waals surface area contributed by atoms with Crippen LogP contribution in [0.3, 0.4) is 0 Å². The standard InChI is InChI=1S/C12H13N5OS/c1-12(18,8-2-3-19-4-8)5-13-10-9-11(15-6-14-9)17-7-16-10/h2-4,6-7,18H,5H2,1H3,(H2,13,14,15,16,17). The van der Waals surface area contributed by atoms with Crippen LogP contribution in [0.25, 0.3) is 11.2 Å². The summed E-state index contributed by atoms with van der Waals surface area (Å²) in [5.41, 5.74) is 1.29. The Morgan fingerprint density at radius 3 is 3.11 bits per heavy atom. The average molecular weight is 275 g/mol. The topological polar surface area (TPSA) is 86.7 Å². The maximum atomic E-state index is 10.4. The number of aliphatic hydroxyl groups is 1. The third-order valence-electron chi connectivity index (χ3n) is 2.97. The smallest absolute Gasteiger partial charge is 0.182 e. The fourth-order valence-corrected chi connectivity index (χ4v) is 2.61. The van der Waals surface area contributed by atoms with Gasteiger partial charge in [-0.3, -0.25) is 0 Å². The van der Waals surface area contributed by atoms with E-state index in [0.717, 1.165) is 11.1 Å². The van der Waals surface area contributed by atoms with Crippen molar-refractivity contribution in [2.45, 2.75) is 12.5 Å². The zero-order valence-corrected chi connectivity index (χ0v) is 11.1. The number of fused-ring (bicyclic) bond motifs is 1. The van der Waals surface area contributed by atoms with Crippen molar-refractivity contribution in [3.63, 3.8) is 0 Å². The Bertz CT molecular complexity index is 676. The largest absolute Gasteiger partial charge is 0.384 e. The summed E-state index contributed by atoms with van der Waals surface area (Å²) in [6.07, 6.45) is 3.02. The molecule has 0 saturated heterocycles. The fourth-order valence-electron chi connectivity index (χ4n) is 1.83. The number of H-pyrrole nitrogens is 1. The number of imidazole rings is 1. The molecule has 6 nitrogen and oxygen atoms in total. The van der Waals surface area contributed by atoms with Gasteiger partial charge >= 0.3 is 0 Å². The van der Waals surface area contributed by atoms with Crippen LogP contribution in [-0.2, 0) is 5.60 Å². The molecule has 3 aromatic heterocycles. The second-order valence-electron chi connectivity index (χ2n) is 4.46. The van der Waals surface area contributed by atoms with Crippen LogP contribution in [0.2, 0.25) is 0 Å². The molecule has 1 atom stereocenters. The minimum absolute atomic E-state index is 0.356. The highest BCUT2D eigenvalue weighted by molar-refractivity contribution is 7.08. The summed E-state index contributed by atoms with van der Waals surface area (Å²) in [4.78, 5) is 15.3. The van der Waals surface area contributed by atoms with Crippen molar-refractivity contribution < 1.29 is 5.11 Å². The fraction of sp³-hybridized carbons (Fsp3) is 0.250. The number of nitrogens with one attached hydrogen (secondary N) is 2. The molecule has 3 heterocycles. The van der Waals surface area contributed by atoms with E-state index in [-0.39, 0.29) is 0 Å². The van der Waals surface area contributed by atoms with Crippen molar-refractivity contribution in [3.8, 4) is 0 Å². The van der Waals surface area contributed by atoms with Crippen molar-refractivity contribution in [3.05, 3.63) is 35.0 Å². The van der Waals surface area contributed by atoms with Gasteiger partial charge in [0.1, 0.15) is 17.4 Å². The highest BCUT2D eigenvalue weighted by Crippen LogP contribution is 2.24. The monoisotopic (exact) mass is 275 g/mol. The molecule has 3 rings (SSSR count). The quantitative estimate of drug-likeness (QED) is 0.675. The van der Waals surface area contributed by atoms with Gasteiger partial charge in [0.25, 0.3) is 0 Å². The van der Waals surface area contributed by atoms with Crippen molar-refractivity contribution in [2.24, 2.45) is 0 Å². The Labute approximate surface area is 113 Å². The first kappa shape index (κ1) is 12.1. The molecule has 0 saturated carbocycles. The maximum absolute atomic E-state index is 10.4. The zero-order valence-electron chi connectivity index (χ0n) is 10.3. The predicted octanol–water partition coefficient (Wildman–Crippen LogP) is 1.73. The van der Waals surface area contributed by atoms with Crippen LogP contribution in [0.5, 0.6) is 0 Å². The molecule has 98 valence electrons. The van der Waals surface area contributed by atoms with Gasteiger partial charge in [-0.15, -0.1) is 0 Å². The summed E-state index contributed by atoms with van der Waals surface area (Å²) in [6, 6.07) is 1.91. The molecular weight excluding hydrogens is 262 g/mol. The summed E-state index contributed by atoms with van der Waals surface area (Å²) >= 11 is 1.56. The Kier molecular flexibility index (Phi) is 2.92. The van der Waals surface area contributed by atoms with Gasteiger partial charge in [0.05, 0.1) is 6.33 Å². The van der Waals surface area contributed by atoms with E-state index >= 15 is 0 Å². The van der Waals surface area contributed by atoms with Crippen LogP contribution in [0.15, 0.2) is 29.5 Å². The number of aromatic nitrogens is 4. The van der Waals surface area contributed by atoms with Gasteiger partial charge in [-0.2, -0.15) is 11.3 Å². The van der Waals surface area contributed by atoms with Gasteiger partial charge in [-0.1, -0.05) is 0 Å². The number of aromatic amines is 1. The van der Waals surface area contributed by atoms with Crippen LogP contribution in [0.4, 0.5) is 5.82 Å². The molecule has 19 heavy (non-hydrogen) atoms. The summed E-state index contributed by atoms with van der Waals surface area (Å²) in [7, 11) is 0. The second-order valence-corrected chi connectivity index (χ2v) is 5.24. The molecule has 7 heteroatoms. The van der Waals surface area contributed by atoms with E-state index < -0.39 is 5.60 Å². The lowest BCUT2D eigenvalue weighted by Crippen LogP contribution is -2.30. The second kappa shape index (κ2) is 4.60. The van der Waals surface area contributed by atoms with Gasteiger partial charge in [0.2, 0.25) is 0 Å². The normalized spacial score (nSPS) is 14.4. The van der Waals surface area contributed by atoms with Crippen LogP contribution in [0.1, 0.15) is 12.5 Å². The number of rotatable bonds is 4. The van der Waals surface area contributed by atoms with Gasteiger partial charge < -0.3 is 15.4 Å². The van der Waals surface area contributed by atoms with Crippen LogP contribution in [0, 0.1) is 0 Å². The lowest BCUT2D eigenvalue weighted by atomic mass is 9.99. The molecule has 0 aromatic carbocycles. The van der Waals surface area contributed by atoms with Gasteiger partial charge in [-0.05, 0) is 29.3 Å². The molecule has 0 aliphatic rings. The molecular formula is C12H13N5OS. The Morgan fingerprint density at radius 2 is 2.32 bits per heavy atom. The molecule has 0 aliphatic heterocycles. The highest BCUT2D eigenvalue weighted by Gasteiger charge is 2.23. The number of nitrogens with zero attached hydrogens (tertiary/aromatic N) is 3. The van der Waals surface area contributed by atoms with E-state index in [1.54, 1.807) is 24.6 Å². The third kappa shape index (κ3) is 2.29. The summed E-state index contributed by atoms with van der Waals surface area (Å²) in [5.74, 6) is 0.637. The Balaban J connectivity index is 1.81. The van der Waals surface area contributed by atoms with E-state index in [9.17, 15) is 5.11 Å². The van der Waals surface area contributed by atoms with E-state index in [4.69, 9.17) is 0 Å². The lowest BCUT2D eigenvalue weighted by Gasteiger charge is -2.23. The molecule has 3 N–H and O–H groups in total. The van der Waals surface area contributed by atoms with Crippen LogP contribution < -0.4 is 5.32 Å². The van der Waals surface area contributed by atoms with E-state index in [0.29, 0.717) is 18.0 Å². The van der Waals surface area contributed by atoms with E-state index in [2.05, 4.69) is 25.3 Å². The van der Waals surface area contributed by atoms with Crippen LogP contribution >= 0.6 is 11.3 Å². The first-order valence-corrected chi connectivity index (χ1v) is 6.74. The molecule has 0 fully saturated rings. The zero-order chi connectivity index (χ0) is 13.3. The molecule has 0 aliphatic carbocycles. The van der Waals surface area contributed by atoms with Crippen molar-refractivity contribution in [2.75, 3.05) is 11.9 Å². The van der Waals surface area contributed by atoms with E-state index in [1.165, 1.54) is 6.33 Å². The van der Waals surface area contributed by atoms with Crippen molar-refractivity contribution >= 4 is 28.3 Å². The van der Waals surface area contributed by atoms with Crippen LogP contribution in [-0.4, -0.2) is 31.6 Å². The summed E-state index contributed by atoms with van der Waals surface area (Å²) < 4.78 is 0. The molecule has 0 radical (unpaired) electrons. The van der Waals surface area contributed by atoms with Gasteiger partial charge in [0, 0.05) is 6.54 Å². The van der Waals surface area contributed by atoms with E-state index in [1.807, 2.05) is 16.8 Å². The van der Waals surface area contributed by atoms with Crippen molar-refractivity contribution in [1.82, 2.24) is 19.9 Å². The number of thiophene rings is 1. The maximum Gasteiger partial charge on any atom is 0.182 e. The molecule has 1 unspecified atom stereocenters. The first-order valence-electron chi connectivity index (χ1n) is 5.80. The first-order chi connectivity index (χ1) is 9.17. The number of hydrogen-bond donors (Lipinski definition) is 3. The minimum Gasteiger partial charge on any atom is -0.384 e. The van der Waals surface area contributed by atoms with Gasteiger partial charge in [0.15, 0.2) is 11.5 Å². The molecule has 0 spiro atoms. The highest BCUT2D eigenvalue weighted by atomic mass is 32.1. The average Bonchev–Trinajstić information content (AvgIpc) is 3.07. The van der Waals surface area contributed by atoms with Gasteiger partial charge in [-0.25, -0.2) is 15.0 Å². The SMILES string of the molecule is CC(O)(CNc1ncnc2nc[nH]c12)c1ccsc1. The molecule has 0 amide bonds. The Morgan fingerprint density at radius 1 is 1.42 bits per heavy atom. The summed E-state index contributed by atoms with van der Waals surface area (Å²) in [6.45, 7) is 2.13. The van der Waals surface area contributed by atoms with Crippen molar-refractivity contribution in [1.29, 1.82) is 0 Å². The minimum atomic E-state index is -0.947. The molecule has 0 bridgehead atoms. The number of hydrogen-bond acceptors (Lipinski definition) is 6. The summed E-state index contributed by atoms with van der Waals surface area (Å²) in [5, 5.41) is 17.5. The number of anilines is 1.